The zero-order valence-electron chi connectivity index (χ0n) is 18.1. The second-order valence-electron chi connectivity index (χ2n) is 7.54. The highest BCUT2D eigenvalue weighted by Gasteiger charge is 2.25. The highest BCUT2D eigenvalue weighted by atomic mass is 16.5. The van der Waals surface area contributed by atoms with Gasteiger partial charge in [-0.1, -0.05) is 66.7 Å². The molecule has 3 aromatic carbocycles. The third-order valence-electron chi connectivity index (χ3n) is 5.68. The van der Waals surface area contributed by atoms with Crippen molar-refractivity contribution in [2.24, 2.45) is 5.10 Å². The van der Waals surface area contributed by atoms with Crippen LogP contribution in [-0.2, 0) is 0 Å². The summed E-state index contributed by atoms with van der Waals surface area (Å²) < 4.78 is 10.9. The molecule has 0 spiro atoms. The Bertz CT molecular complexity index is 945. The summed E-state index contributed by atoms with van der Waals surface area (Å²) in [7, 11) is 3.30. The number of hydrogen-bond donors (Lipinski definition) is 0. The Balaban J connectivity index is 1.47. The number of para-hydroxylation sites is 1. The van der Waals surface area contributed by atoms with E-state index in [-0.39, 0.29) is 6.04 Å². The molecule has 0 N–H and O–H groups in total. The number of benzene rings is 3. The van der Waals surface area contributed by atoms with Crippen LogP contribution >= 0.6 is 0 Å². The fourth-order valence-electron chi connectivity index (χ4n) is 4.13. The summed E-state index contributed by atoms with van der Waals surface area (Å²) in [5.74, 6) is 1.42. The van der Waals surface area contributed by atoms with Crippen LogP contribution in [0.1, 0.15) is 22.7 Å². The van der Waals surface area contributed by atoms with Crippen LogP contribution in [0.15, 0.2) is 84.0 Å². The average Bonchev–Trinajstić information content (AvgIpc) is 2.84. The molecular formula is C26H29N3O2. The van der Waals surface area contributed by atoms with E-state index in [0.717, 1.165) is 31.7 Å². The van der Waals surface area contributed by atoms with Gasteiger partial charge in [-0.05, 0) is 23.3 Å². The van der Waals surface area contributed by atoms with Crippen LogP contribution in [0.25, 0.3) is 0 Å². The number of rotatable bonds is 7. The molecular weight excluding hydrogens is 386 g/mol. The topological polar surface area (TPSA) is 37.3 Å². The van der Waals surface area contributed by atoms with Crippen molar-refractivity contribution < 1.29 is 9.47 Å². The van der Waals surface area contributed by atoms with Crippen molar-refractivity contribution in [1.29, 1.82) is 0 Å². The lowest BCUT2D eigenvalue weighted by Gasteiger charge is -2.38. The second kappa shape index (κ2) is 10.1. The fourth-order valence-corrected chi connectivity index (χ4v) is 4.13. The first-order valence-corrected chi connectivity index (χ1v) is 10.6. The molecule has 1 aliphatic rings. The molecule has 0 aliphatic carbocycles. The van der Waals surface area contributed by atoms with Crippen LogP contribution in [0.3, 0.4) is 0 Å². The first-order valence-electron chi connectivity index (χ1n) is 10.6. The Kier molecular flexibility index (Phi) is 6.85. The molecule has 0 aromatic heterocycles. The lowest BCUT2D eigenvalue weighted by atomic mass is 9.96. The zero-order valence-corrected chi connectivity index (χ0v) is 18.1. The van der Waals surface area contributed by atoms with E-state index in [1.807, 2.05) is 24.4 Å². The molecule has 0 bridgehead atoms. The van der Waals surface area contributed by atoms with Gasteiger partial charge in [-0.2, -0.15) is 5.10 Å². The first-order chi connectivity index (χ1) is 15.3. The maximum Gasteiger partial charge on any atom is 0.169 e. The van der Waals surface area contributed by atoms with Crippen LogP contribution in [0.5, 0.6) is 11.5 Å². The summed E-state index contributed by atoms with van der Waals surface area (Å²) in [6, 6.07) is 27.6. The molecule has 0 saturated carbocycles. The molecule has 5 nitrogen and oxygen atoms in total. The van der Waals surface area contributed by atoms with Crippen molar-refractivity contribution in [1.82, 2.24) is 9.91 Å². The van der Waals surface area contributed by atoms with Gasteiger partial charge in [0, 0.05) is 31.7 Å². The molecule has 1 fully saturated rings. The highest BCUT2D eigenvalue weighted by molar-refractivity contribution is 5.84. The predicted molar refractivity (Wildman–Crippen MR) is 125 cm³/mol. The Labute approximate surface area is 184 Å². The van der Waals surface area contributed by atoms with Crippen molar-refractivity contribution in [2.45, 2.75) is 6.04 Å². The minimum atomic E-state index is 0.256. The van der Waals surface area contributed by atoms with Gasteiger partial charge in [0.25, 0.3) is 0 Å². The van der Waals surface area contributed by atoms with E-state index in [4.69, 9.17) is 14.6 Å². The van der Waals surface area contributed by atoms with Gasteiger partial charge < -0.3 is 9.47 Å². The molecule has 4 rings (SSSR count). The first kappa shape index (κ1) is 20.9. The third kappa shape index (κ3) is 4.89. The van der Waals surface area contributed by atoms with Gasteiger partial charge in [0.15, 0.2) is 11.5 Å². The molecule has 0 radical (unpaired) electrons. The van der Waals surface area contributed by atoms with E-state index in [9.17, 15) is 0 Å². The number of hydrogen-bond acceptors (Lipinski definition) is 5. The molecule has 1 saturated heterocycles. The summed E-state index contributed by atoms with van der Waals surface area (Å²) >= 11 is 0. The molecule has 0 amide bonds. The lowest BCUT2D eigenvalue weighted by Crippen LogP contribution is -2.45. The summed E-state index contributed by atoms with van der Waals surface area (Å²) in [5.41, 5.74) is 3.56. The SMILES string of the molecule is COc1cccc(/C=N\N2CCN(C(c3ccccc3)c3ccccc3)CC2)c1OC. The number of hydrazone groups is 1. The average molecular weight is 416 g/mol. The van der Waals surface area contributed by atoms with Gasteiger partial charge in [0.1, 0.15) is 0 Å². The summed E-state index contributed by atoms with van der Waals surface area (Å²) in [6.07, 6.45) is 1.86. The van der Waals surface area contributed by atoms with E-state index >= 15 is 0 Å². The van der Waals surface area contributed by atoms with E-state index < -0.39 is 0 Å². The second-order valence-corrected chi connectivity index (χ2v) is 7.54. The summed E-state index contributed by atoms with van der Waals surface area (Å²) in [6.45, 7) is 3.64. The molecule has 3 aromatic rings. The van der Waals surface area contributed by atoms with Gasteiger partial charge in [0.05, 0.1) is 26.5 Å². The molecule has 0 unspecified atom stereocenters. The maximum absolute atomic E-state index is 5.51. The fraction of sp³-hybridized carbons (Fsp3) is 0.269. The zero-order chi connectivity index (χ0) is 21.5. The third-order valence-corrected chi connectivity index (χ3v) is 5.68. The minimum Gasteiger partial charge on any atom is -0.493 e. The predicted octanol–water partition coefficient (Wildman–Crippen LogP) is 4.44. The Morgan fingerprint density at radius 2 is 1.35 bits per heavy atom. The molecule has 31 heavy (non-hydrogen) atoms. The van der Waals surface area contributed by atoms with E-state index in [1.165, 1.54) is 11.1 Å². The van der Waals surface area contributed by atoms with Crippen LogP contribution < -0.4 is 9.47 Å². The van der Waals surface area contributed by atoms with Crippen molar-refractivity contribution in [3.05, 3.63) is 95.6 Å². The number of methoxy groups -OCH3 is 2. The standard InChI is InChI=1S/C26H29N3O2/c1-30-24-15-9-14-23(26(24)31-2)20-27-29-18-16-28(17-19-29)25(21-10-5-3-6-11-21)22-12-7-4-8-13-22/h3-15,20,25H,16-19H2,1-2H3/b27-20-. The number of ether oxygens (including phenoxy) is 2. The van der Waals surface area contributed by atoms with Crippen molar-refractivity contribution in [3.8, 4) is 11.5 Å². The largest absolute Gasteiger partial charge is 0.493 e. The number of nitrogens with zero attached hydrogens (tertiary/aromatic N) is 3. The maximum atomic E-state index is 5.51. The van der Waals surface area contributed by atoms with E-state index in [0.29, 0.717) is 11.5 Å². The Hall–Kier alpha value is -3.31. The molecule has 5 heteroatoms. The van der Waals surface area contributed by atoms with Crippen LogP contribution in [0, 0.1) is 0 Å². The summed E-state index contributed by atoms with van der Waals surface area (Å²) in [5, 5.41) is 6.85. The van der Waals surface area contributed by atoms with Gasteiger partial charge in [-0.15, -0.1) is 0 Å². The van der Waals surface area contributed by atoms with Gasteiger partial charge in [0.2, 0.25) is 0 Å². The summed E-state index contributed by atoms with van der Waals surface area (Å²) in [4.78, 5) is 2.54. The van der Waals surface area contributed by atoms with Gasteiger partial charge >= 0.3 is 0 Å². The minimum absolute atomic E-state index is 0.256. The Morgan fingerprint density at radius 1 is 0.742 bits per heavy atom. The molecule has 1 heterocycles. The smallest absolute Gasteiger partial charge is 0.169 e. The van der Waals surface area contributed by atoms with Crippen molar-refractivity contribution in [3.63, 3.8) is 0 Å². The van der Waals surface area contributed by atoms with Crippen LogP contribution in [-0.4, -0.2) is 56.5 Å². The van der Waals surface area contributed by atoms with Gasteiger partial charge in [-0.3, -0.25) is 9.91 Å². The lowest BCUT2D eigenvalue weighted by molar-refractivity contribution is 0.113. The van der Waals surface area contributed by atoms with E-state index in [1.54, 1.807) is 14.2 Å². The molecule has 0 atom stereocenters. The molecule has 160 valence electrons. The quantitative estimate of drug-likeness (QED) is 0.535. The van der Waals surface area contributed by atoms with E-state index in [2.05, 4.69) is 70.6 Å². The van der Waals surface area contributed by atoms with Crippen LogP contribution in [0.4, 0.5) is 0 Å². The monoisotopic (exact) mass is 415 g/mol. The Morgan fingerprint density at radius 3 is 1.90 bits per heavy atom. The molecule has 1 aliphatic heterocycles. The van der Waals surface area contributed by atoms with Crippen LogP contribution in [0.2, 0.25) is 0 Å². The highest BCUT2D eigenvalue weighted by Crippen LogP contribution is 2.31. The van der Waals surface area contributed by atoms with Gasteiger partial charge in [-0.25, -0.2) is 0 Å². The van der Waals surface area contributed by atoms with Crippen molar-refractivity contribution in [2.75, 3.05) is 40.4 Å². The number of piperazine rings is 1. The normalized spacial score (nSPS) is 14.9. The van der Waals surface area contributed by atoms with Crippen molar-refractivity contribution >= 4 is 6.21 Å².